The van der Waals surface area contributed by atoms with Gasteiger partial charge in [0.2, 0.25) is 0 Å². The Morgan fingerprint density at radius 3 is 1.74 bits per heavy atom. The molecule has 0 saturated carbocycles. The van der Waals surface area contributed by atoms with Gasteiger partial charge in [-0.1, -0.05) is 60.7 Å². The third-order valence-corrected chi connectivity index (χ3v) is 4.98. The van der Waals surface area contributed by atoms with Gasteiger partial charge in [0.1, 0.15) is 0 Å². The standard InChI is InChI=1S/C25H24N2/c1-26(21-11-5-2-6-12-21)22-17-19-25(20-18-22)27(23-13-7-3-8-14-23)24-15-9-4-10-16-24/h2-15,17-20,24H,16H2,1H3. The summed E-state index contributed by atoms with van der Waals surface area (Å²) in [6, 6.07) is 30.2. The Balaban J connectivity index is 1.65. The van der Waals surface area contributed by atoms with E-state index in [0.717, 1.165) is 6.42 Å². The predicted molar refractivity (Wildman–Crippen MR) is 116 cm³/mol. The molecule has 1 aliphatic carbocycles. The zero-order valence-electron chi connectivity index (χ0n) is 15.6. The summed E-state index contributed by atoms with van der Waals surface area (Å²) in [4.78, 5) is 4.62. The molecule has 134 valence electrons. The largest absolute Gasteiger partial charge is 0.345 e. The quantitative estimate of drug-likeness (QED) is 0.519. The Labute approximate surface area is 161 Å². The van der Waals surface area contributed by atoms with Gasteiger partial charge >= 0.3 is 0 Å². The van der Waals surface area contributed by atoms with E-state index in [9.17, 15) is 0 Å². The normalized spacial score (nSPS) is 15.5. The molecular formula is C25H24N2. The number of hydrogen-bond donors (Lipinski definition) is 0. The van der Waals surface area contributed by atoms with E-state index in [-0.39, 0.29) is 0 Å². The lowest BCUT2D eigenvalue weighted by molar-refractivity contribution is 0.785. The number of benzene rings is 3. The van der Waals surface area contributed by atoms with Gasteiger partial charge in [0, 0.05) is 29.8 Å². The van der Waals surface area contributed by atoms with E-state index in [1.165, 1.54) is 22.7 Å². The average Bonchev–Trinajstić information content (AvgIpc) is 2.76. The van der Waals surface area contributed by atoms with Gasteiger partial charge in [0.05, 0.1) is 6.04 Å². The molecule has 0 heterocycles. The molecule has 0 aromatic heterocycles. The summed E-state index contributed by atoms with van der Waals surface area (Å²) in [5, 5.41) is 0. The molecule has 1 aliphatic rings. The van der Waals surface area contributed by atoms with Crippen LogP contribution in [0, 0.1) is 0 Å². The third-order valence-electron chi connectivity index (χ3n) is 4.98. The van der Waals surface area contributed by atoms with Crippen molar-refractivity contribution in [2.75, 3.05) is 16.8 Å². The molecule has 0 spiro atoms. The van der Waals surface area contributed by atoms with Gasteiger partial charge in [-0.25, -0.2) is 0 Å². The van der Waals surface area contributed by atoms with Gasteiger partial charge in [-0.05, 0) is 55.0 Å². The molecule has 0 fully saturated rings. The van der Waals surface area contributed by atoms with Crippen LogP contribution in [0.25, 0.3) is 0 Å². The molecule has 27 heavy (non-hydrogen) atoms. The molecule has 3 aromatic rings. The molecule has 0 saturated heterocycles. The van der Waals surface area contributed by atoms with Crippen molar-refractivity contribution in [1.29, 1.82) is 0 Å². The lowest BCUT2D eigenvalue weighted by Crippen LogP contribution is -2.29. The molecule has 0 bridgehead atoms. The van der Waals surface area contributed by atoms with Crippen LogP contribution in [0.2, 0.25) is 0 Å². The van der Waals surface area contributed by atoms with Crippen LogP contribution in [0.4, 0.5) is 22.7 Å². The minimum atomic E-state index is 0.329. The van der Waals surface area contributed by atoms with Gasteiger partial charge in [0.25, 0.3) is 0 Å². The van der Waals surface area contributed by atoms with Crippen molar-refractivity contribution >= 4 is 22.7 Å². The van der Waals surface area contributed by atoms with E-state index >= 15 is 0 Å². The molecule has 3 aromatic carbocycles. The maximum atomic E-state index is 2.41. The van der Waals surface area contributed by atoms with Gasteiger partial charge < -0.3 is 9.80 Å². The molecule has 2 heteroatoms. The van der Waals surface area contributed by atoms with E-state index < -0.39 is 0 Å². The summed E-state index contributed by atoms with van der Waals surface area (Å²) in [6.45, 7) is 0. The van der Waals surface area contributed by atoms with Crippen LogP contribution in [-0.2, 0) is 0 Å². The smallest absolute Gasteiger partial charge is 0.0559 e. The van der Waals surface area contributed by atoms with Crippen molar-refractivity contribution in [2.45, 2.75) is 12.5 Å². The molecule has 0 radical (unpaired) electrons. The number of nitrogens with zero attached hydrogens (tertiary/aromatic N) is 2. The SMILES string of the molecule is CN(c1ccccc1)c1ccc(N(c2ccccc2)C2C=CC=CC2)cc1. The lowest BCUT2D eigenvalue weighted by Gasteiger charge is -2.33. The zero-order valence-corrected chi connectivity index (χ0v) is 15.6. The van der Waals surface area contributed by atoms with Crippen molar-refractivity contribution in [3.05, 3.63) is 109 Å². The first kappa shape index (κ1) is 17.2. The van der Waals surface area contributed by atoms with Crippen LogP contribution in [0.1, 0.15) is 6.42 Å². The maximum Gasteiger partial charge on any atom is 0.0559 e. The van der Waals surface area contributed by atoms with Crippen LogP contribution >= 0.6 is 0 Å². The molecule has 0 aliphatic heterocycles. The molecule has 1 unspecified atom stereocenters. The van der Waals surface area contributed by atoms with E-state index in [1.54, 1.807) is 0 Å². The van der Waals surface area contributed by atoms with E-state index in [1.807, 2.05) is 6.07 Å². The van der Waals surface area contributed by atoms with E-state index in [4.69, 9.17) is 0 Å². The first-order valence-electron chi connectivity index (χ1n) is 9.39. The lowest BCUT2D eigenvalue weighted by atomic mass is 10.0. The van der Waals surface area contributed by atoms with Crippen molar-refractivity contribution in [1.82, 2.24) is 0 Å². The van der Waals surface area contributed by atoms with Crippen LogP contribution < -0.4 is 9.80 Å². The molecule has 4 rings (SSSR count). The van der Waals surface area contributed by atoms with Crippen molar-refractivity contribution < 1.29 is 0 Å². The molecule has 0 N–H and O–H groups in total. The fraction of sp³-hybridized carbons (Fsp3) is 0.120. The van der Waals surface area contributed by atoms with Crippen molar-refractivity contribution in [3.8, 4) is 0 Å². The minimum Gasteiger partial charge on any atom is -0.345 e. The predicted octanol–water partition coefficient (Wildman–Crippen LogP) is 6.48. The molecular weight excluding hydrogens is 328 g/mol. The number of para-hydroxylation sites is 2. The fourth-order valence-corrected chi connectivity index (χ4v) is 3.52. The summed E-state index contributed by atoms with van der Waals surface area (Å²) in [5.41, 5.74) is 4.78. The Kier molecular flexibility index (Phi) is 5.06. The monoisotopic (exact) mass is 352 g/mol. The Bertz CT molecular complexity index is 912. The Morgan fingerprint density at radius 2 is 1.15 bits per heavy atom. The maximum absolute atomic E-state index is 2.41. The first-order chi connectivity index (χ1) is 13.3. The second-order valence-electron chi connectivity index (χ2n) is 6.73. The summed E-state index contributed by atoms with van der Waals surface area (Å²) in [7, 11) is 2.11. The first-order valence-corrected chi connectivity index (χ1v) is 9.39. The summed E-state index contributed by atoms with van der Waals surface area (Å²) in [6.07, 6.45) is 9.78. The number of allylic oxidation sites excluding steroid dienone is 2. The van der Waals surface area contributed by atoms with Crippen LogP contribution in [0.15, 0.2) is 109 Å². The summed E-state index contributed by atoms with van der Waals surface area (Å²) < 4.78 is 0. The van der Waals surface area contributed by atoms with Gasteiger partial charge in [-0.15, -0.1) is 0 Å². The van der Waals surface area contributed by atoms with Gasteiger partial charge in [-0.3, -0.25) is 0 Å². The second kappa shape index (κ2) is 7.96. The highest BCUT2D eigenvalue weighted by molar-refractivity contribution is 5.70. The molecule has 1 atom stereocenters. The average molecular weight is 352 g/mol. The van der Waals surface area contributed by atoms with E-state index in [0.29, 0.717) is 6.04 Å². The highest BCUT2D eigenvalue weighted by Crippen LogP contribution is 2.33. The van der Waals surface area contributed by atoms with Crippen LogP contribution in [0.3, 0.4) is 0 Å². The van der Waals surface area contributed by atoms with Gasteiger partial charge in [-0.2, -0.15) is 0 Å². The van der Waals surface area contributed by atoms with E-state index in [2.05, 4.69) is 120 Å². The highest BCUT2D eigenvalue weighted by Gasteiger charge is 2.18. The minimum absolute atomic E-state index is 0.329. The van der Waals surface area contributed by atoms with Crippen molar-refractivity contribution in [3.63, 3.8) is 0 Å². The Morgan fingerprint density at radius 1 is 0.630 bits per heavy atom. The molecule has 0 amide bonds. The van der Waals surface area contributed by atoms with Crippen molar-refractivity contribution in [2.24, 2.45) is 0 Å². The number of anilines is 4. The summed E-state index contributed by atoms with van der Waals surface area (Å²) in [5.74, 6) is 0. The number of rotatable bonds is 5. The fourth-order valence-electron chi connectivity index (χ4n) is 3.52. The summed E-state index contributed by atoms with van der Waals surface area (Å²) >= 11 is 0. The Hall–Kier alpha value is -3.26. The van der Waals surface area contributed by atoms with Crippen LogP contribution in [-0.4, -0.2) is 13.1 Å². The zero-order chi connectivity index (χ0) is 18.5. The highest BCUT2D eigenvalue weighted by atomic mass is 15.2. The third kappa shape index (κ3) is 3.80. The molecule has 2 nitrogen and oxygen atoms in total. The second-order valence-corrected chi connectivity index (χ2v) is 6.73. The van der Waals surface area contributed by atoms with Gasteiger partial charge in [0.15, 0.2) is 0 Å². The number of hydrogen-bond acceptors (Lipinski definition) is 2. The topological polar surface area (TPSA) is 6.48 Å². The van der Waals surface area contributed by atoms with Crippen LogP contribution in [0.5, 0.6) is 0 Å².